The molecule has 94 valence electrons. The van der Waals surface area contributed by atoms with E-state index < -0.39 is 5.41 Å². The number of aryl methyl sites for hydroxylation is 1. The second-order valence-electron chi connectivity index (χ2n) is 4.43. The SMILES string of the molecule is CCOC(=O)C1(c2nc(N)n(C)n2)CCCC1. The average molecular weight is 238 g/mol. The molecule has 0 radical (unpaired) electrons. The first kappa shape index (κ1) is 11.9. The lowest BCUT2D eigenvalue weighted by Gasteiger charge is -2.22. The lowest BCUT2D eigenvalue weighted by molar-refractivity contribution is -0.150. The number of anilines is 1. The van der Waals surface area contributed by atoms with Crippen LogP contribution < -0.4 is 5.73 Å². The second kappa shape index (κ2) is 4.35. The van der Waals surface area contributed by atoms with Crippen molar-refractivity contribution in [2.24, 2.45) is 7.05 Å². The van der Waals surface area contributed by atoms with Crippen LogP contribution in [0.2, 0.25) is 0 Å². The van der Waals surface area contributed by atoms with Crippen molar-refractivity contribution in [3.05, 3.63) is 5.82 Å². The maximum absolute atomic E-state index is 12.1. The van der Waals surface area contributed by atoms with Crippen molar-refractivity contribution in [2.75, 3.05) is 12.3 Å². The number of hydrogen-bond acceptors (Lipinski definition) is 5. The van der Waals surface area contributed by atoms with E-state index in [1.807, 2.05) is 0 Å². The number of esters is 1. The zero-order valence-corrected chi connectivity index (χ0v) is 10.3. The van der Waals surface area contributed by atoms with Crippen molar-refractivity contribution in [2.45, 2.75) is 38.0 Å². The Kier molecular flexibility index (Phi) is 3.04. The van der Waals surface area contributed by atoms with Crippen molar-refractivity contribution in [3.63, 3.8) is 0 Å². The minimum Gasteiger partial charge on any atom is -0.465 e. The maximum atomic E-state index is 12.1. The number of carbonyl (C=O) groups is 1. The fraction of sp³-hybridized carbons (Fsp3) is 0.727. The summed E-state index contributed by atoms with van der Waals surface area (Å²) in [5, 5.41) is 4.25. The maximum Gasteiger partial charge on any atom is 0.319 e. The summed E-state index contributed by atoms with van der Waals surface area (Å²) in [6, 6.07) is 0. The zero-order chi connectivity index (χ0) is 12.5. The molecule has 1 fully saturated rings. The second-order valence-corrected chi connectivity index (χ2v) is 4.43. The van der Waals surface area contributed by atoms with Gasteiger partial charge in [-0.1, -0.05) is 12.8 Å². The zero-order valence-electron chi connectivity index (χ0n) is 10.3. The first-order chi connectivity index (χ1) is 8.10. The van der Waals surface area contributed by atoms with Crippen LogP contribution in [0.5, 0.6) is 0 Å². The quantitative estimate of drug-likeness (QED) is 0.786. The number of carbonyl (C=O) groups excluding carboxylic acids is 1. The lowest BCUT2D eigenvalue weighted by Crippen LogP contribution is -2.36. The molecule has 0 aliphatic heterocycles. The highest BCUT2D eigenvalue weighted by molar-refractivity contribution is 5.82. The summed E-state index contributed by atoms with van der Waals surface area (Å²) in [6.07, 6.45) is 3.48. The molecule has 0 spiro atoms. The van der Waals surface area contributed by atoms with Crippen LogP contribution in [0.25, 0.3) is 0 Å². The van der Waals surface area contributed by atoms with Gasteiger partial charge in [0.25, 0.3) is 0 Å². The minimum absolute atomic E-state index is 0.219. The summed E-state index contributed by atoms with van der Waals surface area (Å²) < 4.78 is 6.66. The molecule has 1 aliphatic carbocycles. The molecule has 0 unspecified atom stereocenters. The molecule has 17 heavy (non-hydrogen) atoms. The van der Waals surface area contributed by atoms with Crippen LogP contribution in [0.3, 0.4) is 0 Å². The van der Waals surface area contributed by atoms with Crippen LogP contribution in [0.4, 0.5) is 5.95 Å². The monoisotopic (exact) mass is 238 g/mol. The molecular weight excluding hydrogens is 220 g/mol. The van der Waals surface area contributed by atoms with Gasteiger partial charge in [-0.05, 0) is 19.8 Å². The molecule has 1 heterocycles. The number of nitrogens with zero attached hydrogens (tertiary/aromatic N) is 3. The van der Waals surface area contributed by atoms with E-state index in [4.69, 9.17) is 10.5 Å². The Morgan fingerprint density at radius 1 is 1.53 bits per heavy atom. The van der Waals surface area contributed by atoms with Gasteiger partial charge in [0.2, 0.25) is 5.95 Å². The molecule has 0 atom stereocenters. The Hall–Kier alpha value is -1.59. The number of nitrogens with two attached hydrogens (primary N) is 1. The van der Waals surface area contributed by atoms with Gasteiger partial charge in [0, 0.05) is 7.05 Å². The molecule has 1 aromatic heterocycles. The van der Waals surface area contributed by atoms with Gasteiger partial charge in [-0.25, -0.2) is 4.68 Å². The molecule has 2 rings (SSSR count). The van der Waals surface area contributed by atoms with E-state index >= 15 is 0 Å². The third kappa shape index (κ3) is 1.87. The van der Waals surface area contributed by atoms with Crippen LogP contribution in [0.15, 0.2) is 0 Å². The van der Waals surface area contributed by atoms with Crippen LogP contribution >= 0.6 is 0 Å². The van der Waals surface area contributed by atoms with E-state index in [0.717, 1.165) is 25.7 Å². The van der Waals surface area contributed by atoms with E-state index in [2.05, 4.69) is 10.1 Å². The summed E-state index contributed by atoms with van der Waals surface area (Å²) in [4.78, 5) is 16.3. The molecule has 6 nitrogen and oxygen atoms in total. The van der Waals surface area contributed by atoms with Gasteiger partial charge in [-0.3, -0.25) is 4.79 Å². The predicted molar refractivity (Wildman–Crippen MR) is 62.2 cm³/mol. The van der Waals surface area contributed by atoms with Gasteiger partial charge < -0.3 is 10.5 Å². The molecule has 6 heteroatoms. The van der Waals surface area contributed by atoms with Gasteiger partial charge in [0.05, 0.1) is 6.61 Å². The van der Waals surface area contributed by atoms with Gasteiger partial charge >= 0.3 is 5.97 Å². The Balaban J connectivity index is 2.37. The number of hydrogen-bond donors (Lipinski definition) is 1. The summed E-state index contributed by atoms with van der Waals surface area (Å²) >= 11 is 0. The van der Waals surface area contributed by atoms with E-state index in [-0.39, 0.29) is 5.97 Å². The molecular formula is C11H18N4O2. The molecule has 1 aliphatic rings. The third-order valence-electron chi connectivity index (χ3n) is 3.35. The largest absolute Gasteiger partial charge is 0.465 e. The molecule has 1 saturated carbocycles. The summed E-state index contributed by atoms with van der Waals surface area (Å²) in [6.45, 7) is 2.18. The highest BCUT2D eigenvalue weighted by Crippen LogP contribution is 2.40. The van der Waals surface area contributed by atoms with E-state index in [0.29, 0.717) is 18.4 Å². The van der Waals surface area contributed by atoms with Crippen LogP contribution in [0, 0.1) is 0 Å². The highest BCUT2D eigenvalue weighted by Gasteiger charge is 2.47. The van der Waals surface area contributed by atoms with Gasteiger partial charge in [-0.15, -0.1) is 0 Å². The molecule has 2 N–H and O–H groups in total. The first-order valence-corrected chi connectivity index (χ1v) is 5.94. The van der Waals surface area contributed by atoms with Crippen LogP contribution in [0.1, 0.15) is 38.4 Å². The summed E-state index contributed by atoms with van der Waals surface area (Å²) in [7, 11) is 1.72. The molecule has 1 aromatic rings. The van der Waals surface area contributed by atoms with Crippen molar-refractivity contribution in [1.82, 2.24) is 14.8 Å². The Morgan fingerprint density at radius 2 is 2.18 bits per heavy atom. The van der Waals surface area contributed by atoms with Crippen molar-refractivity contribution < 1.29 is 9.53 Å². The molecule has 0 aromatic carbocycles. The number of rotatable bonds is 3. The number of nitrogen functional groups attached to an aromatic ring is 1. The van der Waals surface area contributed by atoms with Crippen molar-refractivity contribution in [1.29, 1.82) is 0 Å². The normalized spacial score (nSPS) is 18.2. The average Bonchev–Trinajstić information content (AvgIpc) is 2.88. The van der Waals surface area contributed by atoms with Crippen molar-refractivity contribution in [3.8, 4) is 0 Å². The van der Waals surface area contributed by atoms with Gasteiger partial charge in [0.1, 0.15) is 5.41 Å². The Bertz CT molecular complexity index is 402. The van der Waals surface area contributed by atoms with E-state index in [1.54, 1.807) is 14.0 Å². The van der Waals surface area contributed by atoms with E-state index in [1.165, 1.54) is 4.68 Å². The molecule has 0 saturated heterocycles. The fourth-order valence-electron chi connectivity index (χ4n) is 2.37. The molecule has 0 bridgehead atoms. The van der Waals surface area contributed by atoms with Crippen molar-refractivity contribution >= 4 is 11.9 Å². The standard InChI is InChI=1S/C11H18N4O2/c1-3-17-9(16)11(6-4-5-7-11)8-13-10(12)15(2)14-8/h3-7H2,1-2H3,(H2,12,13,14). The smallest absolute Gasteiger partial charge is 0.319 e. The lowest BCUT2D eigenvalue weighted by atomic mass is 9.85. The van der Waals surface area contributed by atoms with Gasteiger partial charge in [-0.2, -0.15) is 10.1 Å². The van der Waals surface area contributed by atoms with Crippen LogP contribution in [-0.2, 0) is 22.0 Å². The topological polar surface area (TPSA) is 83.0 Å². The summed E-state index contributed by atoms with van der Waals surface area (Å²) in [5.74, 6) is 0.618. The first-order valence-electron chi connectivity index (χ1n) is 5.94. The number of aromatic nitrogens is 3. The third-order valence-corrected chi connectivity index (χ3v) is 3.35. The Labute approximate surface area is 100 Å². The van der Waals surface area contributed by atoms with E-state index in [9.17, 15) is 4.79 Å². The number of ether oxygens (including phenoxy) is 1. The van der Waals surface area contributed by atoms with Crippen LogP contribution in [-0.4, -0.2) is 27.3 Å². The van der Waals surface area contributed by atoms with Gasteiger partial charge in [0.15, 0.2) is 5.82 Å². The predicted octanol–water partition coefficient (Wildman–Crippen LogP) is 0.772. The minimum atomic E-state index is -0.675. The Morgan fingerprint density at radius 3 is 2.65 bits per heavy atom. The highest BCUT2D eigenvalue weighted by atomic mass is 16.5. The fourth-order valence-corrected chi connectivity index (χ4v) is 2.37. The summed E-state index contributed by atoms with van der Waals surface area (Å²) in [5.41, 5.74) is 5.00. The molecule has 0 amide bonds.